The number of rotatable bonds is 4. The summed E-state index contributed by atoms with van der Waals surface area (Å²) in [6.07, 6.45) is 1.60. The Kier molecular flexibility index (Phi) is 4.53. The fourth-order valence-corrected chi connectivity index (χ4v) is 2.23. The summed E-state index contributed by atoms with van der Waals surface area (Å²) in [6.45, 7) is 3.51. The number of nitrogens with zero attached hydrogens (tertiary/aromatic N) is 1. The molecule has 0 aromatic heterocycles. The average Bonchev–Trinajstić information content (AvgIpc) is 2.83. The van der Waals surface area contributed by atoms with Gasteiger partial charge in [-0.1, -0.05) is 12.1 Å². The van der Waals surface area contributed by atoms with Gasteiger partial charge in [-0.05, 0) is 31.0 Å². The van der Waals surface area contributed by atoms with E-state index in [1.807, 2.05) is 19.1 Å². The van der Waals surface area contributed by atoms with Gasteiger partial charge in [0.05, 0.1) is 24.2 Å². The first-order chi connectivity index (χ1) is 9.19. The lowest BCUT2D eigenvalue weighted by Gasteiger charge is -2.14. The van der Waals surface area contributed by atoms with Gasteiger partial charge in [0.2, 0.25) is 5.91 Å². The Bertz CT molecular complexity index is 476. The first-order valence-corrected chi connectivity index (χ1v) is 6.56. The Morgan fingerprint density at radius 3 is 2.79 bits per heavy atom. The van der Waals surface area contributed by atoms with Crippen LogP contribution in [-0.2, 0) is 16.0 Å². The van der Waals surface area contributed by atoms with Gasteiger partial charge in [-0.3, -0.25) is 4.79 Å². The van der Waals surface area contributed by atoms with Crippen LogP contribution in [0.15, 0.2) is 24.3 Å². The SMILES string of the molecule is CC1OCCC1CNC(=O)Cc1ccc(C#N)cc1. The van der Waals surface area contributed by atoms with Crippen LogP contribution in [0.2, 0.25) is 0 Å². The molecule has 1 aliphatic rings. The second-order valence-corrected chi connectivity index (χ2v) is 4.91. The molecule has 0 saturated carbocycles. The Hall–Kier alpha value is -1.86. The smallest absolute Gasteiger partial charge is 0.224 e. The molecule has 0 radical (unpaired) electrons. The number of amides is 1. The lowest BCUT2D eigenvalue weighted by molar-refractivity contribution is -0.120. The van der Waals surface area contributed by atoms with Crippen molar-refractivity contribution in [3.63, 3.8) is 0 Å². The quantitative estimate of drug-likeness (QED) is 0.893. The molecule has 1 heterocycles. The molecule has 2 unspecified atom stereocenters. The van der Waals surface area contributed by atoms with Crippen molar-refractivity contribution in [2.45, 2.75) is 25.9 Å². The zero-order valence-corrected chi connectivity index (χ0v) is 11.1. The number of hydrogen-bond acceptors (Lipinski definition) is 3. The van der Waals surface area contributed by atoms with Gasteiger partial charge in [0, 0.05) is 19.1 Å². The molecule has 2 atom stereocenters. The van der Waals surface area contributed by atoms with Gasteiger partial charge in [0.1, 0.15) is 0 Å². The molecule has 1 amide bonds. The number of carbonyl (C=O) groups excluding carboxylic acids is 1. The molecular formula is C15H18N2O2. The molecule has 0 aliphatic carbocycles. The first kappa shape index (κ1) is 13.6. The highest BCUT2D eigenvalue weighted by Crippen LogP contribution is 2.19. The number of hydrogen-bond donors (Lipinski definition) is 1. The van der Waals surface area contributed by atoms with E-state index in [4.69, 9.17) is 10.00 Å². The molecule has 1 aliphatic heterocycles. The van der Waals surface area contributed by atoms with Crippen molar-refractivity contribution in [1.29, 1.82) is 5.26 Å². The van der Waals surface area contributed by atoms with Crippen molar-refractivity contribution in [3.8, 4) is 6.07 Å². The lowest BCUT2D eigenvalue weighted by atomic mass is 10.0. The van der Waals surface area contributed by atoms with E-state index < -0.39 is 0 Å². The largest absolute Gasteiger partial charge is 0.378 e. The summed E-state index contributed by atoms with van der Waals surface area (Å²) >= 11 is 0. The van der Waals surface area contributed by atoms with Crippen molar-refractivity contribution < 1.29 is 9.53 Å². The van der Waals surface area contributed by atoms with Crippen LogP contribution in [-0.4, -0.2) is 25.2 Å². The van der Waals surface area contributed by atoms with Gasteiger partial charge in [0.25, 0.3) is 0 Å². The van der Waals surface area contributed by atoms with Crippen molar-refractivity contribution in [3.05, 3.63) is 35.4 Å². The van der Waals surface area contributed by atoms with E-state index in [1.165, 1.54) is 0 Å². The van der Waals surface area contributed by atoms with Gasteiger partial charge in [0.15, 0.2) is 0 Å². The van der Waals surface area contributed by atoms with E-state index in [1.54, 1.807) is 12.1 Å². The molecule has 2 rings (SSSR count). The number of carbonyl (C=O) groups is 1. The van der Waals surface area contributed by atoms with Crippen molar-refractivity contribution in [2.24, 2.45) is 5.92 Å². The molecular weight excluding hydrogens is 240 g/mol. The highest BCUT2D eigenvalue weighted by atomic mass is 16.5. The molecule has 4 nitrogen and oxygen atoms in total. The van der Waals surface area contributed by atoms with Gasteiger partial charge in [-0.25, -0.2) is 0 Å². The highest BCUT2D eigenvalue weighted by molar-refractivity contribution is 5.78. The summed E-state index contributed by atoms with van der Waals surface area (Å²) in [5.74, 6) is 0.439. The zero-order valence-electron chi connectivity index (χ0n) is 11.1. The molecule has 1 N–H and O–H groups in total. The van der Waals surface area contributed by atoms with Crippen LogP contribution < -0.4 is 5.32 Å². The minimum Gasteiger partial charge on any atom is -0.378 e. The number of benzene rings is 1. The normalized spacial score (nSPS) is 21.9. The number of nitriles is 1. The van der Waals surface area contributed by atoms with Crippen LogP contribution in [0.4, 0.5) is 0 Å². The maximum Gasteiger partial charge on any atom is 0.224 e. The number of nitrogens with one attached hydrogen (secondary N) is 1. The van der Waals surface area contributed by atoms with E-state index in [2.05, 4.69) is 11.4 Å². The molecule has 100 valence electrons. The molecule has 1 aromatic carbocycles. The van der Waals surface area contributed by atoms with Crippen LogP contribution in [0.25, 0.3) is 0 Å². The monoisotopic (exact) mass is 258 g/mol. The number of ether oxygens (including phenoxy) is 1. The summed E-state index contributed by atoms with van der Waals surface area (Å²) in [6, 6.07) is 9.16. The molecule has 19 heavy (non-hydrogen) atoms. The minimum atomic E-state index is 0.0174. The standard InChI is InChI=1S/C15H18N2O2/c1-11-14(6-7-19-11)10-17-15(18)8-12-2-4-13(9-16)5-3-12/h2-5,11,14H,6-8,10H2,1H3,(H,17,18). The Morgan fingerprint density at radius 1 is 1.47 bits per heavy atom. The van der Waals surface area contributed by atoms with Gasteiger partial charge < -0.3 is 10.1 Å². The van der Waals surface area contributed by atoms with E-state index >= 15 is 0 Å². The minimum absolute atomic E-state index is 0.0174. The molecule has 0 bridgehead atoms. The summed E-state index contributed by atoms with van der Waals surface area (Å²) in [4.78, 5) is 11.8. The summed E-state index contributed by atoms with van der Waals surface area (Å²) < 4.78 is 5.46. The highest BCUT2D eigenvalue weighted by Gasteiger charge is 2.24. The molecule has 1 aromatic rings. The lowest BCUT2D eigenvalue weighted by Crippen LogP contribution is -2.32. The first-order valence-electron chi connectivity index (χ1n) is 6.56. The summed E-state index contributed by atoms with van der Waals surface area (Å²) in [5, 5.41) is 11.6. The van der Waals surface area contributed by atoms with Crippen LogP contribution >= 0.6 is 0 Å². The predicted octanol–water partition coefficient (Wildman–Crippen LogP) is 1.64. The van der Waals surface area contributed by atoms with E-state index in [0.717, 1.165) is 18.6 Å². The van der Waals surface area contributed by atoms with E-state index in [-0.39, 0.29) is 12.0 Å². The molecule has 4 heteroatoms. The van der Waals surface area contributed by atoms with Crippen molar-refractivity contribution >= 4 is 5.91 Å². The Balaban J connectivity index is 1.79. The van der Waals surface area contributed by atoms with Crippen LogP contribution in [0, 0.1) is 17.2 Å². The zero-order chi connectivity index (χ0) is 13.7. The fraction of sp³-hybridized carbons (Fsp3) is 0.467. The maximum absolute atomic E-state index is 11.8. The molecule has 1 fully saturated rings. The maximum atomic E-state index is 11.8. The fourth-order valence-electron chi connectivity index (χ4n) is 2.23. The second-order valence-electron chi connectivity index (χ2n) is 4.91. The van der Waals surface area contributed by atoms with Crippen LogP contribution in [0.3, 0.4) is 0 Å². The molecule has 0 spiro atoms. The Labute approximate surface area is 113 Å². The average molecular weight is 258 g/mol. The van der Waals surface area contributed by atoms with Crippen LogP contribution in [0.5, 0.6) is 0 Å². The summed E-state index contributed by atoms with van der Waals surface area (Å²) in [7, 11) is 0. The predicted molar refractivity (Wildman–Crippen MR) is 71.4 cm³/mol. The van der Waals surface area contributed by atoms with Gasteiger partial charge >= 0.3 is 0 Å². The Morgan fingerprint density at radius 2 is 2.21 bits per heavy atom. The van der Waals surface area contributed by atoms with Gasteiger partial charge in [-0.15, -0.1) is 0 Å². The van der Waals surface area contributed by atoms with Crippen LogP contribution in [0.1, 0.15) is 24.5 Å². The van der Waals surface area contributed by atoms with E-state index in [0.29, 0.717) is 24.4 Å². The van der Waals surface area contributed by atoms with Crippen molar-refractivity contribution in [1.82, 2.24) is 5.32 Å². The third-order valence-corrected chi connectivity index (χ3v) is 3.54. The second kappa shape index (κ2) is 6.35. The third-order valence-electron chi connectivity index (χ3n) is 3.54. The van der Waals surface area contributed by atoms with Gasteiger partial charge in [-0.2, -0.15) is 5.26 Å². The van der Waals surface area contributed by atoms with E-state index in [9.17, 15) is 4.79 Å². The molecule has 1 saturated heterocycles. The van der Waals surface area contributed by atoms with Crippen molar-refractivity contribution in [2.75, 3.05) is 13.2 Å². The topological polar surface area (TPSA) is 62.1 Å². The third kappa shape index (κ3) is 3.80. The summed E-state index contributed by atoms with van der Waals surface area (Å²) in [5.41, 5.74) is 1.54.